The minimum absolute atomic E-state index is 0.182. The molecule has 0 aliphatic carbocycles. The monoisotopic (exact) mass is 295 g/mol. The van der Waals surface area contributed by atoms with Gasteiger partial charge in [-0.2, -0.15) is 0 Å². The van der Waals surface area contributed by atoms with Crippen LogP contribution in [0.4, 0.5) is 5.69 Å². The lowest BCUT2D eigenvalue weighted by Crippen LogP contribution is -2.36. The van der Waals surface area contributed by atoms with Crippen LogP contribution in [0.3, 0.4) is 0 Å². The second kappa shape index (κ2) is 5.65. The van der Waals surface area contributed by atoms with E-state index in [0.717, 1.165) is 18.8 Å². The van der Waals surface area contributed by atoms with Crippen molar-refractivity contribution in [1.29, 1.82) is 0 Å². The van der Waals surface area contributed by atoms with E-state index in [2.05, 4.69) is 41.7 Å². The summed E-state index contributed by atoms with van der Waals surface area (Å²) >= 11 is 0. The fourth-order valence-corrected chi connectivity index (χ4v) is 3.85. The maximum absolute atomic E-state index is 6.15. The average molecular weight is 295 g/mol. The van der Waals surface area contributed by atoms with E-state index >= 15 is 0 Å². The molecule has 22 heavy (non-hydrogen) atoms. The SMILES string of the molecule is COc1ccccc1[C@@H]1Nc2ccccc2[C@H]2OCCC[C@H]21. The van der Waals surface area contributed by atoms with E-state index in [1.54, 1.807) is 7.11 Å². The van der Waals surface area contributed by atoms with E-state index in [1.165, 1.54) is 23.2 Å². The van der Waals surface area contributed by atoms with Gasteiger partial charge in [0.25, 0.3) is 0 Å². The Bertz CT molecular complexity index is 670. The van der Waals surface area contributed by atoms with E-state index in [-0.39, 0.29) is 12.1 Å². The Morgan fingerprint density at radius 3 is 2.68 bits per heavy atom. The van der Waals surface area contributed by atoms with Gasteiger partial charge in [-0.05, 0) is 25.0 Å². The molecule has 0 bridgehead atoms. The van der Waals surface area contributed by atoms with Gasteiger partial charge >= 0.3 is 0 Å². The fraction of sp³-hybridized carbons (Fsp3) is 0.368. The molecule has 0 amide bonds. The van der Waals surface area contributed by atoms with Gasteiger partial charge in [0.2, 0.25) is 0 Å². The van der Waals surface area contributed by atoms with Crippen LogP contribution < -0.4 is 10.1 Å². The highest BCUT2D eigenvalue weighted by molar-refractivity contribution is 5.58. The molecule has 3 atom stereocenters. The minimum Gasteiger partial charge on any atom is -0.496 e. The number of nitrogens with one attached hydrogen (secondary N) is 1. The van der Waals surface area contributed by atoms with Crippen molar-refractivity contribution in [2.75, 3.05) is 19.0 Å². The lowest BCUT2D eigenvalue weighted by atomic mass is 9.77. The standard InChI is InChI=1S/C19H21NO2/c1-21-17-11-5-3-8-14(17)18-15-9-6-12-22-19(15)13-7-2-4-10-16(13)20-18/h2-5,7-8,10-11,15,18-20H,6,9,12H2,1H3/t15-,18-,19+/m0/s1. The number of para-hydroxylation sites is 2. The molecule has 3 nitrogen and oxygen atoms in total. The molecule has 0 spiro atoms. The van der Waals surface area contributed by atoms with Crippen molar-refractivity contribution in [3.8, 4) is 5.75 Å². The normalized spacial score (nSPS) is 26.5. The van der Waals surface area contributed by atoms with Crippen LogP contribution in [0.2, 0.25) is 0 Å². The zero-order valence-electron chi connectivity index (χ0n) is 12.8. The van der Waals surface area contributed by atoms with Gasteiger partial charge in [0, 0.05) is 29.3 Å². The van der Waals surface area contributed by atoms with Gasteiger partial charge in [0.15, 0.2) is 0 Å². The number of ether oxygens (including phenoxy) is 2. The van der Waals surface area contributed by atoms with Crippen LogP contribution in [0.15, 0.2) is 48.5 Å². The third-order valence-corrected chi connectivity index (χ3v) is 4.85. The first-order valence-electron chi connectivity index (χ1n) is 7.98. The van der Waals surface area contributed by atoms with Crippen LogP contribution in [0, 0.1) is 5.92 Å². The smallest absolute Gasteiger partial charge is 0.124 e. The molecule has 2 heterocycles. The maximum Gasteiger partial charge on any atom is 0.124 e. The number of anilines is 1. The van der Waals surface area contributed by atoms with Crippen LogP contribution in [-0.2, 0) is 4.74 Å². The third kappa shape index (κ3) is 2.17. The Morgan fingerprint density at radius 1 is 1.05 bits per heavy atom. The van der Waals surface area contributed by atoms with Crippen molar-refractivity contribution in [3.63, 3.8) is 0 Å². The molecule has 2 aromatic carbocycles. The van der Waals surface area contributed by atoms with Gasteiger partial charge in [0.1, 0.15) is 5.75 Å². The van der Waals surface area contributed by atoms with Crippen molar-refractivity contribution in [1.82, 2.24) is 0 Å². The van der Waals surface area contributed by atoms with E-state index in [4.69, 9.17) is 9.47 Å². The molecule has 2 aliphatic rings. The highest BCUT2D eigenvalue weighted by Gasteiger charge is 2.40. The molecule has 0 saturated carbocycles. The maximum atomic E-state index is 6.15. The number of rotatable bonds is 2. The second-order valence-electron chi connectivity index (χ2n) is 6.05. The van der Waals surface area contributed by atoms with Crippen molar-refractivity contribution >= 4 is 5.69 Å². The quantitative estimate of drug-likeness (QED) is 0.894. The summed E-state index contributed by atoms with van der Waals surface area (Å²) < 4.78 is 11.7. The highest BCUT2D eigenvalue weighted by Crippen LogP contribution is 2.50. The second-order valence-corrected chi connectivity index (χ2v) is 6.05. The van der Waals surface area contributed by atoms with Crippen LogP contribution in [0.5, 0.6) is 5.75 Å². The third-order valence-electron chi connectivity index (χ3n) is 4.85. The first-order valence-corrected chi connectivity index (χ1v) is 7.98. The fourth-order valence-electron chi connectivity index (χ4n) is 3.85. The Balaban J connectivity index is 1.80. The summed E-state index contributed by atoms with van der Waals surface area (Å²) in [4.78, 5) is 0. The van der Waals surface area contributed by atoms with Crippen molar-refractivity contribution in [2.45, 2.75) is 25.0 Å². The number of hydrogen-bond acceptors (Lipinski definition) is 3. The number of benzene rings is 2. The molecule has 1 N–H and O–H groups in total. The van der Waals surface area contributed by atoms with E-state index < -0.39 is 0 Å². The van der Waals surface area contributed by atoms with E-state index in [1.807, 2.05) is 12.1 Å². The zero-order chi connectivity index (χ0) is 14.9. The summed E-state index contributed by atoms with van der Waals surface area (Å²) in [5.41, 5.74) is 3.69. The van der Waals surface area contributed by atoms with Gasteiger partial charge in [-0.1, -0.05) is 36.4 Å². The van der Waals surface area contributed by atoms with Crippen molar-refractivity contribution < 1.29 is 9.47 Å². The van der Waals surface area contributed by atoms with Crippen LogP contribution in [-0.4, -0.2) is 13.7 Å². The van der Waals surface area contributed by atoms with Crippen molar-refractivity contribution in [3.05, 3.63) is 59.7 Å². The molecule has 1 fully saturated rings. The first kappa shape index (κ1) is 13.6. The van der Waals surface area contributed by atoms with Gasteiger partial charge in [-0.15, -0.1) is 0 Å². The summed E-state index contributed by atoms with van der Waals surface area (Å²) in [5, 5.41) is 3.73. The highest BCUT2D eigenvalue weighted by atomic mass is 16.5. The lowest BCUT2D eigenvalue weighted by molar-refractivity contribution is -0.0383. The van der Waals surface area contributed by atoms with E-state index in [0.29, 0.717) is 5.92 Å². The lowest BCUT2D eigenvalue weighted by Gasteiger charge is -2.43. The average Bonchev–Trinajstić information content (AvgIpc) is 2.61. The molecular weight excluding hydrogens is 274 g/mol. The van der Waals surface area contributed by atoms with E-state index in [9.17, 15) is 0 Å². The molecule has 1 saturated heterocycles. The Morgan fingerprint density at radius 2 is 1.82 bits per heavy atom. The largest absolute Gasteiger partial charge is 0.496 e. The molecule has 2 aliphatic heterocycles. The van der Waals surface area contributed by atoms with Crippen LogP contribution in [0.25, 0.3) is 0 Å². The Hall–Kier alpha value is -2.00. The summed E-state index contributed by atoms with van der Waals surface area (Å²) in [6.07, 6.45) is 2.48. The molecule has 0 unspecified atom stereocenters. The van der Waals surface area contributed by atoms with Gasteiger partial charge in [0.05, 0.1) is 19.3 Å². The first-order chi connectivity index (χ1) is 10.9. The molecule has 114 valence electrons. The van der Waals surface area contributed by atoms with Gasteiger partial charge in [-0.3, -0.25) is 0 Å². The molecular formula is C19H21NO2. The van der Waals surface area contributed by atoms with Crippen LogP contribution in [0.1, 0.15) is 36.1 Å². The molecule has 2 aromatic rings. The molecule has 0 aromatic heterocycles. The Kier molecular flexibility index (Phi) is 3.51. The number of methoxy groups -OCH3 is 1. The predicted octanol–water partition coefficient (Wildman–Crippen LogP) is 4.33. The number of fused-ring (bicyclic) bond motifs is 3. The number of hydrogen-bond donors (Lipinski definition) is 1. The summed E-state index contributed by atoms with van der Waals surface area (Å²) in [6, 6.07) is 17.0. The summed E-state index contributed by atoms with van der Waals surface area (Å²) in [7, 11) is 1.74. The van der Waals surface area contributed by atoms with Crippen molar-refractivity contribution in [2.24, 2.45) is 5.92 Å². The predicted molar refractivity (Wildman–Crippen MR) is 87.2 cm³/mol. The Labute approximate surface area is 131 Å². The zero-order valence-corrected chi connectivity index (χ0v) is 12.8. The molecule has 0 radical (unpaired) electrons. The topological polar surface area (TPSA) is 30.5 Å². The summed E-state index contributed by atoms with van der Waals surface area (Å²) in [5.74, 6) is 1.39. The molecule has 3 heteroatoms. The van der Waals surface area contributed by atoms with Crippen LogP contribution >= 0.6 is 0 Å². The molecule has 4 rings (SSSR count). The van der Waals surface area contributed by atoms with Gasteiger partial charge in [-0.25, -0.2) is 0 Å². The minimum atomic E-state index is 0.182. The van der Waals surface area contributed by atoms with Gasteiger partial charge < -0.3 is 14.8 Å². The summed E-state index contributed by atoms with van der Waals surface area (Å²) in [6.45, 7) is 0.855.